The van der Waals surface area contributed by atoms with Gasteiger partial charge in [-0.15, -0.1) is 0 Å². The highest BCUT2D eigenvalue weighted by Crippen LogP contribution is 2.23. The number of carbonyl (C=O) groups is 12. The summed E-state index contributed by atoms with van der Waals surface area (Å²) in [5, 5.41) is 60.1. The third-order valence-corrected chi connectivity index (χ3v) is 17.9. The quantitative estimate of drug-likeness (QED) is 0.00803. The second-order valence-electron chi connectivity index (χ2n) is 27.0. The maximum atomic E-state index is 15.2. The molecule has 0 aliphatic heterocycles. The number of nitrogens with one attached hydrogen (secondary N) is 17. The van der Waals surface area contributed by atoms with Gasteiger partial charge < -0.3 is 107 Å². The SMILES string of the molecule is CC(C)[C@H](NC(=O)[C@@H](N)Cc1ccc(O)cc1)C(=O)N[C@@H](CS)C(=O)NCC(=O)N[C@@H](Cc1c[nH]cn1)C(=O)N[C@@H](Cc1ccccc1)C(=O)N[C@@H](CCCNC(=N)N)C(=O)N[C@@H](Cc1c[nH]c2ccccc12)C(=O)N[C@H](C(=O)N[C@@H](CCCNC(=N)N)C(=O)N[C@@H](Cc1ccccc1)C(=O)NCC(N)=O)C(C)(C)S. The standard InChI is InChI=1S/C73H100N22O13S2/c1-40(2)59(94-61(99)48(74)29-43-23-25-46(96)26-24-43)69(107)93-56(38-109)63(101)85-37-58(98)87-55(33-45-35-80-39-86-45)67(105)91-53(31-42-17-9-6-10-18-42)66(104)88-50(21-13-27-81-71(76)77)64(102)92-54(32-44-34-83-49-20-12-11-19-47(44)49)68(106)95-60(73(3,4)110)70(108)89-51(22-14-28-82-72(78)79)65(103)90-52(62(100)84-36-57(75)97)30-41-15-7-5-8-16-41/h5-12,15-20,23-26,34-35,39-40,48,50-56,59-60,83,96,109-110H,13-14,21-22,27-33,36-38,74H2,1-4H3,(H2,75,97)(H,80,86)(H,84,100)(H,85,101)(H,87,98)(H,88,104)(H,89,108)(H,90,103)(H,91,105)(H,92,102)(H,93,107)(H,94,99)(H,95,106)(H4,76,77,81)(H4,78,79,82)/t48-,50-,51-,52-,53-,54-,55-,56-,59-,60+/m0/s1. The smallest absolute Gasteiger partial charge is 0.244 e. The number of imidazole rings is 1. The minimum atomic E-state index is -1.60. The molecule has 6 rings (SSSR count). The molecule has 0 unspecified atom stereocenters. The average molecular weight is 1560 g/mol. The van der Waals surface area contributed by atoms with Gasteiger partial charge in [0.05, 0.1) is 31.2 Å². The molecule has 0 bridgehead atoms. The van der Waals surface area contributed by atoms with Crippen molar-refractivity contribution in [3.05, 3.63) is 156 Å². The Hall–Kier alpha value is -11.7. The van der Waals surface area contributed by atoms with Gasteiger partial charge >= 0.3 is 0 Å². The molecule has 2 aromatic heterocycles. The molecule has 0 saturated heterocycles. The zero-order valence-electron chi connectivity index (χ0n) is 61.4. The van der Waals surface area contributed by atoms with Crippen molar-refractivity contribution in [2.75, 3.05) is 31.9 Å². The molecule has 0 aliphatic carbocycles. The predicted molar refractivity (Wildman–Crippen MR) is 417 cm³/mol. The van der Waals surface area contributed by atoms with Crippen molar-refractivity contribution < 1.29 is 62.6 Å². The Morgan fingerprint density at radius 1 is 0.500 bits per heavy atom. The van der Waals surface area contributed by atoms with Crippen LogP contribution >= 0.6 is 25.3 Å². The van der Waals surface area contributed by atoms with Crippen LogP contribution in [0.2, 0.25) is 0 Å². The van der Waals surface area contributed by atoms with E-state index in [4.69, 9.17) is 46.4 Å². The van der Waals surface area contributed by atoms with E-state index in [1.54, 1.807) is 117 Å². The number of para-hydroxylation sites is 1. The van der Waals surface area contributed by atoms with Crippen LogP contribution in [0.5, 0.6) is 5.75 Å². The Kier molecular flexibility index (Phi) is 34.3. The first-order valence-electron chi connectivity index (χ1n) is 35.5. The molecule has 12 amide bonds. The number of aromatic nitrogens is 3. The highest BCUT2D eigenvalue weighted by molar-refractivity contribution is 7.81. The molecule has 0 radical (unpaired) electrons. The van der Waals surface area contributed by atoms with Gasteiger partial charge in [-0.25, -0.2) is 4.98 Å². The van der Waals surface area contributed by atoms with E-state index in [2.05, 4.69) is 96.7 Å². The van der Waals surface area contributed by atoms with Gasteiger partial charge in [0.25, 0.3) is 0 Å². The maximum Gasteiger partial charge on any atom is 0.244 e. The van der Waals surface area contributed by atoms with Crippen molar-refractivity contribution in [3.8, 4) is 5.75 Å². The van der Waals surface area contributed by atoms with Crippen LogP contribution in [-0.4, -0.2) is 200 Å². The van der Waals surface area contributed by atoms with Gasteiger partial charge in [0.2, 0.25) is 70.9 Å². The second-order valence-corrected chi connectivity index (χ2v) is 28.6. The van der Waals surface area contributed by atoms with E-state index >= 15 is 14.4 Å². The number of phenols is 1. The number of aromatic hydroxyl groups is 1. The first-order chi connectivity index (χ1) is 52.3. The van der Waals surface area contributed by atoms with Crippen molar-refractivity contribution in [1.82, 2.24) is 84.1 Å². The molecule has 6 aromatic rings. The fourth-order valence-electron chi connectivity index (χ4n) is 11.5. The van der Waals surface area contributed by atoms with E-state index in [0.717, 1.165) is 0 Å². The Morgan fingerprint density at radius 2 is 0.964 bits per heavy atom. The lowest BCUT2D eigenvalue weighted by atomic mass is 9.98. The lowest BCUT2D eigenvalue weighted by molar-refractivity contribution is -0.136. The van der Waals surface area contributed by atoms with Crippen LogP contribution in [0.3, 0.4) is 0 Å². The largest absolute Gasteiger partial charge is 0.508 e. The molecule has 110 heavy (non-hydrogen) atoms. The molecule has 26 N–H and O–H groups in total. The summed E-state index contributed by atoms with van der Waals surface area (Å²) in [6.45, 7) is 5.16. The zero-order valence-corrected chi connectivity index (χ0v) is 63.2. The highest BCUT2D eigenvalue weighted by Gasteiger charge is 2.40. The Labute approximate surface area is 646 Å². The summed E-state index contributed by atoms with van der Waals surface area (Å²) >= 11 is 9.01. The second kappa shape index (κ2) is 43.3. The topological polar surface area (TPSA) is 578 Å². The van der Waals surface area contributed by atoms with Crippen LogP contribution in [0.1, 0.15) is 81.3 Å². The summed E-state index contributed by atoms with van der Waals surface area (Å²) in [5.41, 5.74) is 26.0. The number of H-pyrrole nitrogens is 2. The van der Waals surface area contributed by atoms with Crippen LogP contribution in [0.15, 0.2) is 128 Å². The number of benzene rings is 4. The van der Waals surface area contributed by atoms with E-state index in [-0.39, 0.29) is 94.0 Å². The van der Waals surface area contributed by atoms with Crippen molar-refractivity contribution in [3.63, 3.8) is 0 Å². The van der Waals surface area contributed by atoms with E-state index in [0.29, 0.717) is 33.2 Å². The van der Waals surface area contributed by atoms with Crippen LogP contribution in [0.4, 0.5) is 0 Å². The summed E-state index contributed by atoms with van der Waals surface area (Å²) in [6.07, 6.45) is 3.66. The summed E-state index contributed by atoms with van der Waals surface area (Å²) in [6, 6.07) is 16.3. The number of nitrogens with two attached hydrogens (primary N) is 4. The van der Waals surface area contributed by atoms with Crippen LogP contribution in [0.25, 0.3) is 10.9 Å². The summed E-state index contributed by atoms with van der Waals surface area (Å²) in [7, 11) is 0. The molecule has 592 valence electrons. The highest BCUT2D eigenvalue weighted by atomic mass is 32.1. The van der Waals surface area contributed by atoms with Crippen molar-refractivity contribution >= 4 is 119 Å². The van der Waals surface area contributed by atoms with E-state index in [9.17, 15) is 48.3 Å². The fraction of sp³-hybridized carbons (Fsp3) is 0.411. The number of nitrogens with zero attached hydrogens (tertiary/aromatic N) is 1. The Morgan fingerprint density at radius 3 is 1.48 bits per heavy atom. The monoisotopic (exact) mass is 1560 g/mol. The van der Waals surface area contributed by atoms with Gasteiger partial charge in [0.15, 0.2) is 11.9 Å². The van der Waals surface area contributed by atoms with Gasteiger partial charge in [-0.2, -0.15) is 25.3 Å². The number of rotatable bonds is 44. The molecular formula is C73H100N22O13S2. The molecule has 35 nitrogen and oxygen atoms in total. The number of carbonyl (C=O) groups excluding carboxylic acids is 12. The predicted octanol–water partition coefficient (Wildman–Crippen LogP) is -2.66. The third-order valence-electron chi connectivity index (χ3n) is 17.3. The van der Waals surface area contributed by atoms with E-state index < -0.39 is 161 Å². The van der Waals surface area contributed by atoms with Gasteiger partial charge in [0.1, 0.15) is 60.1 Å². The summed E-state index contributed by atoms with van der Waals surface area (Å²) in [5.74, 6) is -11.8. The fourth-order valence-corrected chi connectivity index (χ4v) is 11.9. The van der Waals surface area contributed by atoms with Crippen molar-refractivity contribution in [1.29, 1.82) is 10.8 Å². The molecule has 0 spiro atoms. The van der Waals surface area contributed by atoms with Crippen LogP contribution < -0.4 is 92.1 Å². The van der Waals surface area contributed by atoms with Gasteiger partial charge in [-0.1, -0.05) is 105 Å². The van der Waals surface area contributed by atoms with Gasteiger partial charge in [-0.3, -0.25) is 68.4 Å². The third kappa shape index (κ3) is 29.1. The number of thiol groups is 2. The van der Waals surface area contributed by atoms with Crippen LogP contribution in [-0.2, 0) is 89.6 Å². The molecule has 2 heterocycles. The maximum absolute atomic E-state index is 15.2. The first kappa shape index (κ1) is 87.2. The number of primary amides is 1. The molecule has 37 heteroatoms. The number of guanidine groups is 2. The number of amides is 12. The lowest BCUT2D eigenvalue weighted by Crippen LogP contribution is -2.63. The average Bonchev–Trinajstić information content (AvgIpc) is 1.55. The number of hydrogen-bond acceptors (Lipinski definition) is 19. The van der Waals surface area contributed by atoms with Gasteiger partial charge in [-0.05, 0) is 92.3 Å². The first-order valence-corrected chi connectivity index (χ1v) is 36.6. The normalized spacial score (nSPS) is 13.9. The van der Waals surface area contributed by atoms with Gasteiger partial charge in [0, 0.05) is 72.6 Å². The number of aromatic amines is 2. The minimum Gasteiger partial charge on any atom is -0.508 e. The summed E-state index contributed by atoms with van der Waals surface area (Å²) in [4.78, 5) is 180. The number of fused-ring (bicyclic) bond motifs is 1. The number of hydrogen-bond donors (Lipinski definition) is 24. The Balaban J connectivity index is 1.24. The lowest BCUT2D eigenvalue weighted by Gasteiger charge is -2.33. The summed E-state index contributed by atoms with van der Waals surface area (Å²) < 4.78 is -1.45. The molecule has 4 aromatic carbocycles. The number of phenolic OH excluding ortho intramolecular Hbond substituents is 1. The Bertz CT molecular complexity index is 4130. The van der Waals surface area contributed by atoms with Crippen molar-refractivity contribution in [2.24, 2.45) is 28.9 Å². The molecule has 0 aliphatic rings. The van der Waals surface area contributed by atoms with Crippen LogP contribution in [0, 0.1) is 16.7 Å². The zero-order chi connectivity index (χ0) is 80.6. The van der Waals surface area contributed by atoms with Crippen molar-refractivity contribution in [2.45, 2.75) is 151 Å². The molecule has 0 saturated carbocycles. The molecule has 0 fully saturated rings. The molecular weight excluding hydrogens is 1460 g/mol. The molecule has 10 atom stereocenters. The minimum absolute atomic E-state index is 0.0199. The van der Waals surface area contributed by atoms with E-state index in [1.165, 1.54) is 38.5 Å². The van der Waals surface area contributed by atoms with E-state index in [1.807, 2.05) is 0 Å².